The fourth-order valence-corrected chi connectivity index (χ4v) is 0.874. The Balaban J connectivity index is 4.32. The number of hydrogen-bond donors (Lipinski definition) is 4. The molecule has 6 nitrogen and oxygen atoms in total. The Hall–Kier alpha value is -0.340. The summed E-state index contributed by atoms with van der Waals surface area (Å²) in [7, 11) is 0. The van der Waals surface area contributed by atoms with E-state index in [9.17, 15) is 9.59 Å². The largest absolute Gasteiger partial charge is 0.387 e. The lowest BCUT2D eigenvalue weighted by atomic mass is 10.1. The molecular formula is C6H9BrO6. The van der Waals surface area contributed by atoms with Crippen LogP contribution in [0, 0.1) is 0 Å². The Bertz CT molecular complexity index is 196. The summed E-state index contributed by atoms with van der Waals surface area (Å²) in [6.45, 7) is 0. The van der Waals surface area contributed by atoms with Crippen LogP contribution in [-0.2, 0) is 9.59 Å². The highest BCUT2D eigenvalue weighted by atomic mass is 79.9. The van der Waals surface area contributed by atoms with E-state index in [1.807, 2.05) is 0 Å². The fourth-order valence-electron chi connectivity index (χ4n) is 0.604. The molecule has 0 unspecified atom stereocenters. The van der Waals surface area contributed by atoms with Gasteiger partial charge in [-0.25, -0.2) is 0 Å². The predicted octanol–water partition coefficient (Wildman–Crippen LogP) is -2.45. The molecule has 0 spiro atoms. The molecule has 0 bridgehead atoms. The highest BCUT2D eigenvalue weighted by molar-refractivity contribution is 9.18. The van der Waals surface area contributed by atoms with Crippen molar-refractivity contribution in [3.63, 3.8) is 0 Å². The molecule has 0 aliphatic rings. The minimum Gasteiger partial charge on any atom is -0.387 e. The summed E-state index contributed by atoms with van der Waals surface area (Å²) >= 11 is 2.35. The summed E-state index contributed by atoms with van der Waals surface area (Å²) in [6, 6.07) is 0. The molecule has 0 saturated heterocycles. The molecule has 4 N–H and O–H groups in total. The second kappa shape index (κ2) is 5.40. The molecule has 0 heterocycles. The molecule has 13 heavy (non-hydrogen) atoms. The first-order valence-corrected chi connectivity index (χ1v) is 4.08. The summed E-state index contributed by atoms with van der Waals surface area (Å²) in [4.78, 5) is 20.4. The number of hydrogen-bond acceptors (Lipinski definition) is 6. The van der Waals surface area contributed by atoms with Gasteiger partial charge < -0.3 is 25.2 Å². The van der Waals surface area contributed by atoms with Crippen LogP contribution in [-0.4, -0.2) is 55.8 Å². The van der Waals surface area contributed by atoms with Crippen LogP contribution in [0.3, 0.4) is 0 Å². The Kier molecular flexibility index (Phi) is 5.26. The smallest absolute Gasteiger partial charge is 0.228 e. The average molecular weight is 257 g/mol. The number of aliphatic hydroxyl groups is 4. The van der Waals surface area contributed by atoms with Gasteiger partial charge in [0.2, 0.25) is 4.69 Å². The summed E-state index contributed by atoms with van der Waals surface area (Å²) in [5.74, 6) is 0. The van der Waals surface area contributed by atoms with Crippen LogP contribution in [0.1, 0.15) is 0 Å². The lowest BCUT2D eigenvalue weighted by Gasteiger charge is -2.21. The van der Waals surface area contributed by atoms with Gasteiger partial charge in [-0.1, -0.05) is 0 Å². The van der Waals surface area contributed by atoms with Crippen LogP contribution in [0.5, 0.6) is 0 Å². The highest BCUT2D eigenvalue weighted by Crippen LogP contribution is 2.07. The summed E-state index contributed by atoms with van der Waals surface area (Å²) < 4.78 is -0.947. The van der Waals surface area contributed by atoms with Crippen molar-refractivity contribution in [1.29, 1.82) is 0 Å². The third-order valence-electron chi connectivity index (χ3n) is 1.40. The second-order valence-electron chi connectivity index (χ2n) is 2.36. The van der Waals surface area contributed by atoms with Gasteiger partial charge in [-0.05, 0) is 15.9 Å². The van der Waals surface area contributed by atoms with Gasteiger partial charge >= 0.3 is 0 Å². The zero-order valence-electron chi connectivity index (χ0n) is 6.37. The van der Waals surface area contributed by atoms with Crippen molar-refractivity contribution in [3.8, 4) is 0 Å². The molecule has 0 saturated carbocycles. The molecule has 7 heteroatoms. The SMILES string of the molecule is O=C[C@H](O)[C@@H](O)[C@H](O)[C@H](O)C(=O)Br. The molecule has 0 aliphatic carbocycles. The molecule has 76 valence electrons. The minimum absolute atomic E-state index is 0.0146. The second-order valence-corrected chi connectivity index (χ2v) is 3.14. The number of aldehydes is 1. The van der Waals surface area contributed by atoms with Crippen molar-refractivity contribution in [2.24, 2.45) is 0 Å². The first-order valence-electron chi connectivity index (χ1n) is 3.28. The molecule has 0 aromatic heterocycles. The van der Waals surface area contributed by atoms with Gasteiger partial charge in [0.25, 0.3) is 0 Å². The van der Waals surface area contributed by atoms with Gasteiger partial charge in [-0.15, -0.1) is 0 Å². The molecule has 0 aromatic carbocycles. The van der Waals surface area contributed by atoms with E-state index in [2.05, 4.69) is 15.9 Å². The maximum atomic E-state index is 10.4. The van der Waals surface area contributed by atoms with Crippen LogP contribution < -0.4 is 0 Å². The molecule has 0 rings (SSSR count). The molecule has 4 atom stereocenters. The van der Waals surface area contributed by atoms with E-state index in [1.54, 1.807) is 0 Å². The predicted molar refractivity (Wildman–Crippen MR) is 44.0 cm³/mol. The van der Waals surface area contributed by atoms with Crippen LogP contribution in [0.15, 0.2) is 0 Å². The zero-order valence-corrected chi connectivity index (χ0v) is 7.96. The molecule has 0 aliphatic heterocycles. The van der Waals surface area contributed by atoms with E-state index in [4.69, 9.17) is 20.4 Å². The minimum atomic E-state index is -1.91. The fraction of sp³-hybridized carbons (Fsp3) is 0.667. The average Bonchev–Trinajstić information content (AvgIpc) is 2.12. The van der Waals surface area contributed by atoms with E-state index < -0.39 is 29.1 Å². The summed E-state index contributed by atoms with van der Waals surface area (Å²) in [6.07, 6.45) is -7.54. The number of carbonyl (C=O) groups excluding carboxylic acids is 2. The van der Waals surface area contributed by atoms with Crippen LogP contribution >= 0.6 is 15.9 Å². The zero-order chi connectivity index (χ0) is 10.6. The number of rotatable bonds is 5. The van der Waals surface area contributed by atoms with Gasteiger partial charge in [0, 0.05) is 0 Å². The lowest BCUT2D eigenvalue weighted by molar-refractivity contribution is -0.142. The van der Waals surface area contributed by atoms with Crippen molar-refractivity contribution >= 4 is 26.9 Å². The van der Waals surface area contributed by atoms with Crippen LogP contribution in [0.25, 0.3) is 0 Å². The molecular weight excluding hydrogens is 248 g/mol. The number of halogens is 1. The third-order valence-corrected chi connectivity index (χ3v) is 1.86. The summed E-state index contributed by atoms with van der Waals surface area (Å²) in [5, 5.41) is 35.5. The molecule has 0 radical (unpaired) electrons. The number of carbonyl (C=O) groups is 2. The Morgan fingerprint density at radius 2 is 1.62 bits per heavy atom. The van der Waals surface area contributed by atoms with Gasteiger partial charge in [0.1, 0.15) is 18.3 Å². The maximum absolute atomic E-state index is 10.4. The van der Waals surface area contributed by atoms with Crippen LogP contribution in [0.2, 0.25) is 0 Å². The van der Waals surface area contributed by atoms with E-state index in [0.29, 0.717) is 0 Å². The Morgan fingerprint density at radius 1 is 1.15 bits per heavy atom. The highest BCUT2D eigenvalue weighted by Gasteiger charge is 2.33. The topological polar surface area (TPSA) is 115 Å². The lowest BCUT2D eigenvalue weighted by Crippen LogP contribution is -2.47. The van der Waals surface area contributed by atoms with Crippen molar-refractivity contribution in [2.75, 3.05) is 0 Å². The first kappa shape index (κ1) is 12.7. The van der Waals surface area contributed by atoms with Crippen molar-refractivity contribution in [1.82, 2.24) is 0 Å². The quantitative estimate of drug-likeness (QED) is 0.321. The normalized spacial score (nSPS) is 20.1. The van der Waals surface area contributed by atoms with Gasteiger partial charge in [0.05, 0.1) is 0 Å². The molecule has 0 amide bonds. The summed E-state index contributed by atoms with van der Waals surface area (Å²) in [5.41, 5.74) is 0. The Morgan fingerprint density at radius 3 is 1.92 bits per heavy atom. The maximum Gasteiger partial charge on any atom is 0.228 e. The molecule has 0 fully saturated rings. The van der Waals surface area contributed by atoms with E-state index in [1.165, 1.54) is 0 Å². The van der Waals surface area contributed by atoms with Crippen molar-refractivity contribution < 1.29 is 30.0 Å². The standard InChI is InChI=1S/C6H9BrO6/c7-6(13)5(12)4(11)3(10)2(9)1-8/h1-5,9-12H/t2-,3+,4-,5-/m0/s1. The van der Waals surface area contributed by atoms with E-state index in [0.717, 1.165) is 0 Å². The molecule has 0 aromatic rings. The van der Waals surface area contributed by atoms with E-state index in [-0.39, 0.29) is 6.29 Å². The third kappa shape index (κ3) is 3.49. The van der Waals surface area contributed by atoms with Gasteiger partial charge in [-0.2, -0.15) is 0 Å². The number of aliphatic hydroxyl groups excluding tert-OH is 4. The van der Waals surface area contributed by atoms with Crippen molar-refractivity contribution in [3.05, 3.63) is 0 Å². The first-order chi connectivity index (χ1) is 5.91. The van der Waals surface area contributed by atoms with Crippen molar-refractivity contribution in [2.45, 2.75) is 24.4 Å². The monoisotopic (exact) mass is 256 g/mol. The van der Waals surface area contributed by atoms with E-state index >= 15 is 0 Å². The van der Waals surface area contributed by atoms with Gasteiger partial charge in [0.15, 0.2) is 12.4 Å². The van der Waals surface area contributed by atoms with Gasteiger partial charge in [-0.3, -0.25) is 4.79 Å². The van der Waals surface area contributed by atoms with Crippen LogP contribution in [0.4, 0.5) is 0 Å². The Labute approximate surface area is 81.9 Å².